The van der Waals surface area contributed by atoms with E-state index in [0.29, 0.717) is 5.57 Å². The Morgan fingerprint density at radius 2 is 2.38 bits per heavy atom. The summed E-state index contributed by atoms with van der Waals surface area (Å²) in [5.41, 5.74) is 2.91. The lowest BCUT2D eigenvalue weighted by Gasteiger charge is -1.68. The van der Waals surface area contributed by atoms with Crippen LogP contribution < -0.4 is 0 Å². The summed E-state index contributed by atoms with van der Waals surface area (Å²) in [4.78, 5) is 0. The van der Waals surface area contributed by atoms with Crippen LogP contribution in [0.4, 0.5) is 0 Å². The Bertz CT molecular complexity index is 175. The van der Waals surface area contributed by atoms with Gasteiger partial charge in [-0.05, 0) is 13.0 Å². The molecular weight excluding hydrogens is 98.1 g/mol. The molecule has 1 heteroatoms. The van der Waals surface area contributed by atoms with E-state index in [2.05, 4.69) is 18.4 Å². The van der Waals surface area contributed by atoms with Crippen LogP contribution in [-0.2, 0) is 0 Å². The van der Waals surface area contributed by atoms with Crippen LogP contribution in [0, 0.1) is 17.4 Å². The summed E-state index contributed by atoms with van der Waals surface area (Å²) in [6.07, 6.45) is 4.19. The molecule has 0 aromatic heterocycles. The van der Waals surface area contributed by atoms with Crippen LogP contribution in [0.3, 0.4) is 0 Å². The van der Waals surface area contributed by atoms with E-state index < -0.39 is 0 Å². The van der Waals surface area contributed by atoms with Gasteiger partial charge < -0.3 is 0 Å². The van der Waals surface area contributed by atoms with Crippen molar-refractivity contribution in [1.82, 2.24) is 0 Å². The molecule has 0 amide bonds. The molecule has 0 heterocycles. The van der Waals surface area contributed by atoms with Gasteiger partial charge in [0.05, 0.1) is 11.6 Å². The van der Waals surface area contributed by atoms with E-state index >= 15 is 0 Å². The van der Waals surface area contributed by atoms with Gasteiger partial charge in [-0.3, -0.25) is 0 Å². The summed E-state index contributed by atoms with van der Waals surface area (Å²) in [6.45, 7) is 5.16. The van der Waals surface area contributed by atoms with Crippen molar-refractivity contribution in [1.29, 1.82) is 5.26 Å². The van der Waals surface area contributed by atoms with Gasteiger partial charge in [0.25, 0.3) is 0 Å². The van der Waals surface area contributed by atoms with Crippen LogP contribution >= 0.6 is 0 Å². The standard InChI is InChI=1S/C7H6N/c1-3-4-5-7(2)6-8/h3H,2H2,1H3. The zero-order valence-electron chi connectivity index (χ0n) is 4.73. The van der Waals surface area contributed by atoms with E-state index in [0.717, 1.165) is 0 Å². The molecule has 0 rings (SSSR count). The fraction of sp³-hybridized carbons (Fsp3) is 0.143. The number of allylic oxidation sites excluding steroid dienone is 2. The normalized spacial score (nSPS) is 6.00. The van der Waals surface area contributed by atoms with E-state index in [1.807, 2.05) is 6.07 Å². The second kappa shape index (κ2) is 3.92. The van der Waals surface area contributed by atoms with Crippen molar-refractivity contribution >= 4 is 0 Å². The van der Waals surface area contributed by atoms with Gasteiger partial charge in [-0.2, -0.15) is 5.26 Å². The van der Waals surface area contributed by atoms with Gasteiger partial charge in [-0.25, -0.2) is 0 Å². The third-order valence-electron chi connectivity index (χ3n) is 0.502. The minimum Gasteiger partial charge on any atom is -0.192 e. The molecule has 0 aromatic carbocycles. The molecule has 0 aromatic rings. The van der Waals surface area contributed by atoms with Crippen LogP contribution in [0.25, 0.3) is 0 Å². The van der Waals surface area contributed by atoms with E-state index in [1.54, 1.807) is 13.0 Å². The predicted octanol–water partition coefficient (Wildman–Crippen LogP) is 1.60. The molecule has 0 unspecified atom stereocenters. The van der Waals surface area contributed by atoms with Crippen LogP contribution in [0.2, 0.25) is 0 Å². The molecule has 1 radical (unpaired) electrons. The number of rotatable bonds is 1. The van der Waals surface area contributed by atoms with Crippen molar-refractivity contribution in [3.63, 3.8) is 0 Å². The van der Waals surface area contributed by atoms with Gasteiger partial charge in [0, 0.05) is 6.08 Å². The van der Waals surface area contributed by atoms with E-state index in [4.69, 9.17) is 5.26 Å². The Balaban J connectivity index is 3.96. The van der Waals surface area contributed by atoms with Crippen LogP contribution in [0.15, 0.2) is 24.0 Å². The quantitative estimate of drug-likeness (QED) is 0.281. The molecule has 0 aliphatic carbocycles. The molecule has 0 atom stereocenters. The fourth-order valence-electron chi connectivity index (χ4n) is 0.187. The molecule has 8 heavy (non-hydrogen) atoms. The zero-order valence-corrected chi connectivity index (χ0v) is 4.73. The summed E-state index contributed by atoms with van der Waals surface area (Å²) >= 11 is 0. The fourth-order valence-corrected chi connectivity index (χ4v) is 0.187. The average molecular weight is 104 g/mol. The lowest BCUT2D eigenvalue weighted by Crippen LogP contribution is -1.60. The first-order chi connectivity index (χ1) is 3.81. The summed E-state index contributed by atoms with van der Waals surface area (Å²) in [7, 11) is 0. The van der Waals surface area contributed by atoms with E-state index in [9.17, 15) is 0 Å². The topological polar surface area (TPSA) is 23.8 Å². The van der Waals surface area contributed by atoms with Crippen molar-refractivity contribution in [3.8, 4) is 6.07 Å². The maximum atomic E-state index is 8.10. The van der Waals surface area contributed by atoms with Crippen molar-refractivity contribution in [2.75, 3.05) is 0 Å². The van der Waals surface area contributed by atoms with Crippen LogP contribution in [0.5, 0.6) is 0 Å². The van der Waals surface area contributed by atoms with Crippen LogP contribution in [-0.4, -0.2) is 0 Å². The monoisotopic (exact) mass is 104 g/mol. The number of hydrogen-bond donors (Lipinski definition) is 0. The smallest absolute Gasteiger partial charge is 0.0998 e. The Kier molecular flexibility index (Phi) is 3.31. The molecule has 0 aliphatic heterocycles. The molecule has 0 saturated carbocycles. The molecule has 39 valence electrons. The maximum absolute atomic E-state index is 8.10. The summed E-state index contributed by atoms with van der Waals surface area (Å²) in [5.74, 6) is 0. The maximum Gasteiger partial charge on any atom is 0.0998 e. The highest BCUT2D eigenvalue weighted by Gasteiger charge is 1.75. The van der Waals surface area contributed by atoms with Crippen molar-refractivity contribution in [2.45, 2.75) is 6.92 Å². The second-order valence-electron chi connectivity index (χ2n) is 1.15. The van der Waals surface area contributed by atoms with E-state index in [1.165, 1.54) is 0 Å². The molecule has 0 aliphatic rings. The minimum atomic E-state index is 0.308. The lowest BCUT2D eigenvalue weighted by molar-refractivity contribution is 1.50. The van der Waals surface area contributed by atoms with Gasteiger partial charge >= 0.3 is 0 Å². The van der Waals surface area contributed by atoms with Gasteiger partial charge in [-0.1, -0.05) is 6.58 Å². The highest BCUT2D eigenvalue weighted by Crippen LogP contribution is 1.83. The van der Waals surface area contributed by atoms with E-state index in [-0.39, 0.29) is 0 Å². The zero-order chi connectivity index (χ0) is 6.41. The Hall–Kier alpha value is -1.25. The SMILES string of the molecule is C=C([C]=C=CC)C#N. The summed E-state index contributed by atoms with van der Waals surface area (Å²) in [5, 5.41) is 8.10. The summed E-state index contributed by atoms with van der Waals surface area (Å²) < 4.78 is 0. The average Bonchev–Trinajstić information content (AvgIpc) is 1.83. The number of nitriles is 1. The third kappa shape index (κ3) is 2.96. The van der Waals surface area contributed by atoms with Crippen LogP contribution in [0.1, 0.15) is 6.92 Å². The van der Waals surface area contributed by atoms with Gasteiger partial charge in [0.1, 0.15) is 0 Å². The molecule has 0 spiro atoms. The molecule has 0 N–H and O–H groups in total. The molecule has 0 fully saturated rings. The first-order valence-corrected chi connectivity index (χ1v) is 2.19. The van der Waals surface area contributed by atoms with Crippen molar-refractivity contribution < 1.29 is 0 Å². The molecular formula is C7H6N. The molecule has 0 saturated heterocycles. The summed E-state index contributed by atoms with van der Waals surface area (Å²) in [6, 6.07) is 1.81. The van der Waals surface area contributed by atoms with Gasteiger partial charge in [0.2, 0.25) is 0 Å². The molecule has 0 bridgehead atoms. The number of nitrogens with zero attached hydrogens (tertiary/aromatic N) is 1. The predicted molar refractivity (Wildman–Crippen MR) is 31.8 cm³/mol. The minimum absolute atomic E-state index is 0.308. The molecule has 1 nitrogen and oxygen atoms in total. The van der Waals surface area contributed by atoms with Crippen molar-refractivity contribution in [3.05, 3.63) is 30.0 Å². The number of hydrogen-bond acceptors (Lipinski definition) is 1. The second-order valence-corrected chi connectivity index (χ2v) is 1.15. The Morgan fingerprint density at radius 1 is 1.75 bits per heavy atom. The Labute approximate surface area is 49.3 Å². The highest BCUT2D eigenvalue weighted by atomic mass is 14.2. The van der Waals surface area contributed by atoms with Crippen molar-refractivity contribution in [2.24, 2.45) is 0 Å². The van der Waals surface area contributed by atoms with Gasteiger partial charge in [-0.15, -0.1) is 5.73 Å². The van der Waals surface area contributed by atoms with Gasteiger partial charge in [0.15, 0.2) is 0 Å². The highest BCUT2D eigenvalue weighted by molar-refractivity contribution is 5.23. The first kappa shape index (κ1) is 6.75. The first-order valence-electron chi connectivity index (χ1n) is 2.19. The largest absolute Gasteiger partial charge is 0.192 e. The third-order valence-corrected chi connectivity index (χ3v) is 0.502. The Morgan fingerprint density at radius 3 is 2.75 bits per heavy atom. The lowest BCUT2D eigenvalue weighted by atomic mass is 10.3.